The summed E-state index contributed by atoms with van der Waals surface area (Å²) in [6.07, 6.45) is -2.43. The first-order chi connectivity index (χ1) is 15.3. The fourth-order valence-electron chi connectivity index (χ4n) is 6.52. The van der Waals surface area contributed by atoms with Crippen molar-refractivity contribution in [3.8, 4) is 5.75 Å². The molecule has 1 aliphatic carbocycles. The Morgan fingerprint density at radius 3 is 2.66 bits per heavy atom. The van der Waals surface area contributed by atoms with E-state index >= 15 is 0 Å². The number of likely N-dealkylation sites (N-methyl/N-ethyl adjacent to an activating group) is 1. The highest BCUT2D eigenvalue weighted by Gasteiger charge is 2.90. The molecule has 0 aromatic heterocycles. The second kappa shape index (κ2) is 6.51. The number of nitrogens with one attached hydrogen (secondary N) is 1. The molecule has 9 atom stereocenters. The van der Waals surface area contributed by atoms with Crippen LogP contribution in [0.5, 0.6) is 5.75 Å². The molecule has 1 aromatic rings. The monoisotopic (exact) mass is 445 g/mol. The van der Waals surface area contributed by atoms with Crippen LogP contribution in [0.3, 0.4) is 0 Å². The van der Waals surface area contributed by atoms with Crippen LogP contribution in [0.25, 0.3) is 0 Å². The summed E-state index contributed by atoms with van der Waals surface area (Å²) in [5.41, 5.74) is -1.98. The molecular formula is C23H27NO8. The molecule has 0 spiro atoms. The Balaban J connectivity index is 1.49. The van der Waals surface area contributed by atoms with Gasteiger partial charge in [0.25, 0.3) is 0 Å². The van der Waals surface area contributed by atoms with Gasteiger partial charge < -0.3 is 34.5 Å². The molecule has 32 heavy (non-hydrogen) atoms. The summed E-state index contributed by atoms with van der Waals surface area (Å²) in [7, 11) is 1.89. The van der Waals surface area contributed by atoms with Crippen molar-refractivity contribution in [3.63, 3.8) is 0 Å². The number of esters is 1. The van der Waals surface area contributed by atoms with Crippen LogP contribution in [-0.4, -0.2) is 70.7 Å². The van der Waals surface area contributed by atoms with Crippen molar-refractivity contribution in [1.82, 2.24) is 5.32 Å². The highest BCUT2D eigenvalue weighted by atomic mass is 16.7. The van der Waals surface area contributed by atoms with E-state index in [4.69, 9.17) is 18.9 Å². The Labute approximate surface area is 185 Å². The second-order valence-corrected chi connectivity index (χ2v) is 9.56. The van der Waals surface area contributed by atoms with Gasteiger partial charge in [0.05, 0.1) is 24.7 Å². The number of carbonyl (C=O) groups is 2. The van der Waals surface area contributed by atoms with Gasteiger partial charge in [0.1, 0.15) is 18.0 Å². The lowest BCUT2D eigenvalue weighted by Crippen LogP contribution is -2.62. The Morgan fingerprint density at radius 2 is 1.94 bits per heavy atom. The maximum Gasteiger partial charge on any atom is 0.309 e. The fourth-order valence-corrected chi connectivity index (χ4v) is 6.52. The van der Waals surface area contributed by atoms with Crippen LogP contribution in [0, 0.1) is 0 Å². The lowest BCUT2D eigenvalue weighted by Gasteiger charge is -2.43. The second-order valence-electron chi connectivity index (χ2n) is 9.56. The minimum absolute atomic E-state index is 0.0357. The van der Waals surface area contributed by atoms with E-state index < -0.39 is 47.4 Å². The predicted molar refractivity (Wildman–Crippen MR) is 108 cm³/mol. The summed E-state index contributed by atoms with van der Waals surface area (Å²) in [4.78, 5) is 26.2. The van der Waals surface area contributed by atoms with E-state index in [1.807, 2.05) is 14.0 Å². The minimum Gasteiger partial charge on any atom is -0.508 e. The SMILES string of the molecule is CN[C@H]1CC[C@H](c2ccc(O)c3c2C(=O)[C@@]24O[C@@]2([C@@H](C)O[C@@H]2CC(=O)O[C@@H]24)[C@H]3O)O[C@@H]1C. The average Bonchev–Trinajstić information content (AvgIpc) is 3.38. The van der Waals surface area contributed by atoms with Crippen LogP contribution in [-0.2, 0) is 23.7 Å². The lowest BCUT2D eigenvalue weighted by molar-refractivity contribution is -0.149. The largest absolute Gasteiger partial charge is 0.508 e. The van der Waals surface area contributed by atoms with E-state index in [2.05, 4.69) is 5.32 Å². The molecule has 4 saturated heterocycles. The third-order valence-electron chi connectivity index (χ3n) is 8.12. The van der Waals surface area contributed by atoms with E-state index in [1.54, 1.807) is 13.0 Å². The van der Waals surface area contributed by atoms with E-state index in [9.17, 15) is 19.8 Å². The number of epoxide rings is 1. The van der Waals surface area contributed by atoms with Gasteiger partial charge in [-0.2, -0.15) is 0 Å². The number of Topliss-reactive ketones (excluding diaryl/α,β-unsaturated/α-hetero) is 1. The van der Waals surface area contributed by atoms with Gasteiger partial charge in [-0.25, -0.2) is 0 Å². The minimum atomic E-state index is -1.52. The van der Waals surface area contributed by atoms with Crippen LogP contribution in [0.2, 0.25) is 0 Å². The molecule has 0 saturated carbocycles. The Morgan fingerprint density at radius 1 is 1.16 bits per heavy atom. The molecule has 0 radical (unpaired) electrons. The van der Waals surface area contributed by atoms with Gasteiger partial charge in [0.2, 0.25) is 11.4 Å². The zero-order chi connectivity index (χ0) is 22.6. The van der Waals surface area contributed by atoms with Crippen molar-refractivity contribution < 1.29 is 38.7 Å². The molecule has 4 aliphatic heterocycles. The third kappa shape index (κ3) is 2.25. The van der Waals surface area contributed by atoms with Crippen molar-refractivity contribution in [2.24, 2.45) is 0 Å². The summed E-state index contributed by atoms with van der Waals surface area (Å²) in [6.45, 7) is 3.69. The number of fused-ring (bicyclic) bond motifs is 2. The van der Waals surface area contributed by atoms with E-state index in [0.717, 1.165) is 6.42 Å². The predicted octanol–water partition coefficient (Wildman–Crippen LogP) is 1.06. The molecule has 172 valence electrons. The van der Waals surface area contributed by atoms with Crippen molar-refractivity contribution in [2.45, 2.75) is 87.0 Å². The van der Waals surface area contributed by atoms with Crippen LogP contribution in [0.1, 0.15) is 66.8 Å². The number of ketones is 1. The van der Waals surface area contributed by atoms with Crippen LogP contribution < -0.4 is 5.32 Å². The standard InChI is InChI=1S/C23H27NO8/c1-9-12(24-3)5-7-14(29-9)11-4-6-13(25)18-17(11)19(27)23-21-15(8-16(26)31-21)30-10(2)22(23,32-23)20(18)28/h4,6,9-10,12,14-15,20-21,24-25,28H,5,7-8H2,1-3H3/t9-,10-,12+,14-,15-,20+,21+,22+,23+/m1/s1. The van der Waals surface area contributed by atoms with E-state index in [1.165, 1.54) is 6.07 Å². The summed E-state index contributed by atoms with van der Waals surface area (Å²) >= 11 is 0. The molecule has 0 amide bonds. The van der Waals surface area contributed by atoms with Gasteiger partial charge >= 0.3 is 5.97 Å². The number of aliphatic hydroxyl groups is 1. The van der Waals surface area contributed by atoms with Gasteiger partial charge in [-0.15, -0.1) is 0 Å². The zero-order valence-electron chi connectivity index (χ0n) is 18.2. The number of benzene rings is 1. The summed E-state index contributed by atoms with van der Waals surface area (Å²) in [6, 6.07) is 3.37. The molecular weight excluding hydrogens is 418 g/mol. The van der Waals surface area contributed by atoms with Crippen LogP contribution in [0.4, 0.5) is 0 Å². The molecule has 0 bridgehead atoms. The molecule has 9 nitrogen and oxygen atoms in total. The molecule has 5 aliphatic rings. The number of phenolic OH excluding ortho intramolecular Hbond substituents is 1. The van der Waals surface area contributed by atoms with Crippen LogP contribution >= 0.6 is 0 Å². The fraction of sp³-hybridized carbons (Fsp3) is 0.652. The molecule has 0 unspecified atom stereocenters. The number of ether oxygens (including phenoxy) is 4. The van der Waals surface area contributed by atoms with Crippen molar-refractivity contribution >= 4 is 11.8 Å². The highest BCUT2D eigenvalue weighted by Crippen LogP contribution is 2.69. The van der Waals surface area contributed by atoms with E-state index in [0.29, 0.717) is 12.0 Å². The van der Waals surface area contributed by atoms with Gasteiger partial charge in [-0.1, -0.05) is 6.07 Å². The third-order valence-corrected chi connectivity index (χ3v) is 8.12. The van der Waals surface area contributed by atoms with Crippen molar-refractivity contribution in [1.29, 1.82) is 0 Å². The Kier molecular flexibility index (Phi) is 4.18. The number of rotatable bonds is 2. The molecule has 9 heteroatoms. The van der Waals surface area contributed by atoms with Crippen LogP contribution in [0.15, 0.2) is 12.1 Å². The molecule has 1 aromatic carbocycles. The number of hydrogen-bond acceptors (Lipinski definition) is 9. The first-order valence-electron chi connectivity index (χ1n) is 11.2. The van der Waals surface area contributed by atoms with Gasteiger partial charge in [0, 0.05) is 17.2 Å². The van der Waals surface area contributed by atoms with Crippen molar-refractivity contribution in [2.75, 3.05) is 7.05 Å². The number of aromatic hydroxyl groups is 1. The number of hydrogen-bond donors (Lipinski definition) is 3. The highest BCUT2D eigenvalue weighted by molar-refractivity contribution is 6.11. The molecule has 6 rings (SSSR count). The number of carbonyl (C=O) groups excluding carboxylic acids is 2. The summed E-state index contributed by atoms with van der Waals surface area (Å²) < 4.78 is 23.8. The number of phenols is 1. The van der Waals surface area contributed by atoms with Crippen molar-refractivity contribution in [3.05, 3.63) is 28.8 Å². The first kappa shape index (κ1) is 20.6. The molecule has 4 heterocycles. The lowest BCUT2D eigenvalue weighted by atomic mass is 9.65. The normalized spacial score (nSPS) is 46.6. The quantitative estimate of drug-likeness (QED) is 0.452. The maximum absolute atomic E-state index is 14.1. The zero-order valence-corrected chi connectivity index (χ0v) is 18.2. The number of aliphatic hydroxyl groups excluding tert-OH is 1. The van der Waals surface area contributed by atoms with Gasteiger partial charge in [0.15, 0.2) is 11.7 Å². The summed E-state index contributed by atoms with van der Waals surface area (Å²) in [5.74, 6) is -1.03. The molecule has 4 fully saturated rings. The first-order valence-corrected chi connectivity index (χ1v) is 11.2. The average molecular weight is 445 g/mol. The molecule has 3 N–H and O–H groups in total. The van der Waals surface area contributed by atoms with Gasteiger partial charge in [-0.3, -0.25) is 9.59 Å². The smallest absolute Gasteiger partial charge is 0.309 e. The van der Waals surface area contributed by atoms with Gasteiger partial charge in [-0.05, 0) is 45.4 Å². The topological polar surface area (TPSA) is 127 Å². The summed E-state index contributed by atoms with van der Waals surface area (Å²) in [5, 5.41) is 25.4. The maximum atomic E-state index is 14.1. The van der Waals surface area contributed by atoms with E-state index in [-0.39, 0.29) is 41.5 Å². The Hall–Kier alpha value is -2.04. The Bertz CT molecular complexity index is 1030.